The number of hydrogen-bond acceptors (Lipinski definition) is 5. The average Bonchev–Trinajstić information content (AvgIpc) is 2.46. The van der Waals surface area contributed by atoms with E-state index in [2.05, 4.69) is 0 Å². The van der Waals surface area contributed by atoms with Crippen LogP contribution in [0.5, 0.6) is 0 Å². The van der Waals surface area contributed by atoms with Crippen molar-refractivity contribution in [1.29, 1.82) is 0 Å². The third-order valence-electron chi connectivity index (χ3n) is 3.61. The Kier molecular flexibility index (Phi) is 4.37. The number of carbonyl (C=O) groups is 1. The van der Waals surface area contributed by atoms with Gasteiger partial charge in [-0.05, 0) is 18.8 Å². The van der Waals surface area contributed by atoms with Crippen LogP contribution in [0.25, 0.3) is 0 Å². The first-order chi connectivity index (χ1) is 9.93. The number of aliphatic hydroxyl groups is 1. The lowest BCUT2D eigenvalue weighted by Crippen LogP contribution is -2.37. The number of anilines is 1. The number of carboxylic acids is 1. The lowest BCUT2D eigenvalue weighted by Gasteiger charge is -2.33. The lowest BCUT2D eigenvalue weighted by molar-refractivity contribution is -0.384. The van der Waals surface area contributed by atoms with Crippen molar-refractivity contribution in [2.24, 2.45) is 5.92 Å². The van der Waals surface area contributed by atoms with Crippen LogP contribution in [-0.2, 0) is 0 Å². The number of benzene rings is 1. The number of halogens is 1. The summed E-state index contributed by atoms with van der Waals surface area (Å²) in [7, 11) is 0. The zero-order chi connectivity index (χ0) is 15.6. The molecule has 1 aromatic carbocycles. The van der Waals surface area contributed by atoms with E-state index in [-0.39, 0.29) is 18.2 Å². The molecule has 8 heteroatoms. The Morgan fingerprint density at radius 3 is 2.81 bits per heavy atom. The Balaban J connectivity index is 2.44. The highest BCUT2D eigenvalue weighted by Crippen LogP contribution is 2.33. The van der Waals surface area contributed by atoms with Gasteiger partial charge in [-0.2, -0.15) is 0 Å². The minimum absolute atomic E-state index is 0.0273. The van der Waals surface area contributed by atoms with Gasteiger partial charge in [0, 0.05) is 31.8 Å². The number of nitrogens with zero attached hydrogens (tertiary/aromatic N) is 2. The van der Waals surface area contributed by atoms with Crippen molar-refractivity contribution in [1.82, 2.24) is 0 Å². The van der Waals surface area contributed by atoms with E-state index >= 15 is 0 Å². The van der Waals surface area contributed by atoms with Crippen molar-refractivity contribution >= 4 is 17.3 Å². The summed E-state index contributed by atoms with van der Waals surface area (Å²) in [6.07, 6.45) is 1.53. The number of carboxylic acid groups (broad SMARTS) is 1. The zero-order valence-electron chi connectivity index (χ0n) is 11.2. The molecule has 7 nitrogen and oxygen atoms in total. The summed E-state index contributed by atoms with van der Waals surface area (Å²) in [5.74, 6) is -2.58. The fourth-order valence-corrected chi connectivity index (χ4v) is 2.55. The molecule has 2 rings (SSSR count). The predicted octanol–water partition coefficient (Wildman–Crippen LogP) is 1.64. The molecule has 0 amide bonds. The first kappa shape index (κ1) is 15.2. The molecule has 1 saturated heterocycles. The van der Waals surface area contributed by atoms with E-state index in [1.807, 2.05) is 0 Å². The highest BCUT2D eigenvalue weighted by molar-refractivity contribution is 5.90. The van der Waals surface area contributed by atoms with Gasteiger partial charge in [0.15, 0.2) is 0 Å². The molecule has 0 spiro atoms. The molecule has 0 bridgehead atoms. The smallest absolute Gasteiger partial charge is 0.338 e. The molecule has 0 radical (unpaired) electrons. The molecule has 1 aromatic rings. The highest BCUT2D eigenvalue weighted by atomic mass is 19.1. The van der Waals surface area contributed by atoms with Gasteiger partial charge >= 0.3 is 5.97 Å². The number of aliphatic hydroxyl groups excluding tert-OH is 1. The van der Waals surface area contributed by atoms with Gasteiger partial charge < -0.3 is 15.1 Å². The first-order valence-electron chi connectivity index (χ1n) is 6.51. The number of nitro benzene ring substituents is 1. The van der Waals surface area contributed by atoms with Gasteiger partial charge in [0.1, 0.15) is 17.1 Å². The molecule has 1 unspecified atom stereocenters. The third-order valence-corrected chi connectivity index (χ3v) is 3.61. The van der Waals surface area contributed by atoms with Crippen LogP contribution in [0.4, 0.5) is 15.8 Å². The lowest BCUT2D eigenvalue weighted by atomic mass is 9.98. The van der Waals surface area contributed by atoms with Crippen molar-refractivity contribution < 1.29 is 24.3 Å². The number of piperidine rings is 1. The van der Waals surface area contributed by atoms with Gasteiger partial charge in [-0.15, -0.1) is 0 Å². The molecule has 21 heavy (non-hydrogen) atoms. The predicted molar refractivity (Wildman–Crippen MR) is 72.0 cm³/mol. The molecule has 0 aromatic heterocycles. The van der Waals surface area contributed by atoms with Crippen LogP contribution in [-0.4, -0.2) is 40.8 Å². The Labute approximate surface area is 119 Å². The summed E-state index contributed by atoms with van der Waals surface area (Å²) in [6, 6.07) is 1.64. The van der Waals surface area contributed by atoms with Crippen molar-refractivity contribution in [3.05, 3.63) is 33.6 Å². The van der Waals surface area contributed by atoms with Crippen molar-refractivity contribution in [2.75, 3.05) is 24.6 Å². The molecule has 2 N–H and O–H groups in total. The standard InChI is InChI=1S/C13H15FN2O5/c14-10-5-11(15-3-1-2-8(6-15)7-17)12(16(20)21)4-9(10)13(18)19/h4-5,8,17H,1-3,6-7H2,(H,18,19). The molecule has 1 fully saturated rings. The average molecular weight is 298 g/mol. The van der Waals surface area contributed by atoms with E-state index in [4.69, 9.17) is 5.11 Å². The maximum atomic E-state index is 13.8. The Morgan fingerprint density at radius 1 is 1.52 bits per heavy atom. The Morgan fingerprint density at radius 2 is 2.24 bits per heavy atom. The van der Waals surface area contributed by atoms with Crippen LogP contribution in [0.3, 0.4) is 0 Å². The summed E-state index contributed by atoms with van der Waals surface area (Å²) in [6.45, 7) is 0.840. The SMILES string of the molecule is O=C(O)c1cc([N+](=O)[O-])c(N2CCCC(CO)C2)cc1F. The van der Waals surface area contributed by atoms with Crippen molar-refractivity contribution in [3.8, 4) is 0 Å². The second-order valence-electron chi connectivity index (χ2n) is 5.02. The van der Waals surface area contributed by atoms with Gasteiger partial charge in [-0.1, -0.05) is 0 Å². The van der Waals surface area contributed by atoms with Gasteiger partial charge in [0.05, 0.1) is 4.92 Å². The van der Waals surface area contributed by atoms with Gasteiger partial charge in [0.2, 0.25) is 0 Å². The summed E-state index contributed by atoms with van der Waals surface area (Å²) in [5.41, 5.74) is -1.10. The molecule has 1 heterocycles. The van der Waals surface area contributed by atoms with Gasteiger partial charge in [-0.3, -0.25) is 10.1 Å². The van der Waals surface area contributed by atoms with Gasteiger partial charge in [0.25, 0.3) is 5.69 Å². The normalized spacial score (nSPS) is 18.6. The van der Waals surface area contributed by atoms with E-state index in [0.29, 0.717) is 13.1 Å². The Hall–Kier alpha value is -2.22. The molecule has 0 aliphatic carbocycles. The van der Waals surface area contributed by atoms with E-state index in [1.165, 1.54) is 0 Å². The van der Waals surface area contributed by atoms with Crippen LogP contribution in [0.1, 0.15) is 23.2 Å². The van der Waals surface area contributed by atoms with E-state index in [1.54, 1.807) is 4.90 Å². The molecular formula is C13H15FN2O5. The number of rotatable bonds is 4. The second-order valence-corrected chi connectivity index (χ2v) is 5.02. The number of aromatic carboxylic acids is 1. The maximum Gasteiger partial charge on any atom is 0.338 e. The third kappa shape index (κ3) is 3.10. The maximum absolute atomic E-state index is 13.8. The summed E-state index contributed by atoms with van der Waals surface area (Å²) in [4.78, 5) is 22.9. The van der Waals surface area contributed by atoms with Crippen LogP contribution >= 0.6 is 0 Å². The largest absolute Gasteiger partial charge is 0.478 e. The number of nitro groups is 1. The van der Waals surface area contributed by atoms with Crippen molar-refractivity contribution in [3.63, 3.8) is 0 Å². The minimum Gasteiger partial charge on any atom is -0.478 e. The Bertz CT molecular complexity index is 578. The fourth-order valence-electron chi connectivity index (χ4n) is 2.55. The van der Waals surface area contributed by atoms with Crippen LogP contribution < -0.4 is 4.90 Å². The molecule has 114 valence electrons. The molecular weight excluding hydrogens is 283 g/mol. The first-order valence-corrected chi connectivity index (χ1v) is 6.51. The zero-order valence-corrected chi connectivity index (χ0v) is 11.2. The summed E-state index contributed by atoms with van der Waals surface area (Å²) >= 11 is 0. The number of hydrogen-bond donors (Lipinski definition) is 2. The second kappa shape index (κ2) is 6.04. The molecule has 0 saturated carbocycles. The highest BCUT2D eigenvalue weighted by Gasteiger charge is 2.28. The van der Waals surface area contributed by atoms with Crippen molar-refractivity contribution in [2.45, 2.75) is 12.8 Å². The monoisotopic (exact) mass is 298 g/mol. The quantitative estimate of drug-likeness (QED) is 0.647. The summed E-state index contributed by atoms with van der Waals surface area (Å²) < 4.78 is 13.8. The minimum atomic E-state index is -1.55. The van der Waals surface area contributed by atoms with Crippen LogP contribution in [0, 0.1) is 21.8 Å². The topological polar surface area (TPSA) is 104 Å². The molecule has 1 aliphatic heterocycles. The van der Waals surface area contributed by atoms with Crippen LogP contribution in [0.2, 0.25) is 0 Å². The van der Waals surface area contributed by atoms with Crippen LogP contribution in [0.15, 0.2) is 12.1 Å². The van der Waals surface area contributed by atoms with E-state index in [9.17, 15) is 24.4 Å². The summed E-state index contributed by atoms with van der Waals surface area (Å²) in [5, 5.41) is 29.2. The molecule has 1 atom stereocenters. The van der Waals surface area contributed by atoms with Gasteiger partial charge in [-0.25, -0.2) is 9.18 Å². The van der Waals surface area contributed by atoms with E-state index in [0.717, 1.165) is 25.0 Å². The molecule has 1 aliphatic rings. The van der Waals surface area contributed by atoms with E-state index < -0.39 is 28.0 Å². The fraction of sp³-hybridized carbons (Fsp3) is 0.462.